The van der Waals surface area contributed by atoms with Crippen LogP contribution in [-0.4, -0.2) is 48.6 Å². The van der Waals surface area contributed by atoms with Crippen LogP contribution in [0.3, 0.4) is 0 Å². The van der Waals surface area contributed by atoms with Crippen LogP contribution in [0, 0.1) is 23.7 Å². The summed E-state index contributed by atoms with van der Waals surface area (Å²) < 4.78 is 11.8. The number of nitrogens with one attached hydrogen (secondary N) is 1. The number of aromatic nitrogens is 1. The number of anilines is 2. The molecule has 1 N–H and O–H groups in total. The number of pyridine rings is 1. The Labute approximate surface area is 246 Å². The highest BCUT2D eigenvalue weighted by molar-refractivity contribution is 5.99. The molecule has 0 bridgehead atoms. The van der Waals surface area contributed by atoms with Crippen LogP contribution in [0.25, 0.3) is 10.9 Å². The number of terminal acetylenes is 1. The summed E-state index contributed by atoms with van der Waals surface area (Å²) in [5, 5.41) is 14.0. The molecule has 1 aromatic heterocycles. The number of ketones is 1. The van der Waals surface area contributed by atoms with Gasteiger partial charge in [-0.05, 0) is 43.0 Å². The molecule has 3 aromatic carbocycles. The summed E-state index contributed by atoms with van der Waals surface area (Å²) in [4.78, 5) is 19.8. The third kappa shape index (κ3) is 7.21. The standard InChI is InChI=1S/C35H32N4O3/c1-3-25-11-7-12-29(17-25)38-35-28(21-36)22-37-33-20-34(42-31-14-16-41-24-31)27(19-32(33)35)18-30(40)13-8-15-39(2)23-26-9-5-4-6-10-26/h1,4-13,17,19-20,22,31H,14-16,18,23-24H2,2H3,(H,37,38)/b13-8+/t31-/m0/s1. The van der Waals surface area contributed by atoms with Gasteiger partial charge < -0.3 is 14.8 Å². The zero-order valence-electron chi connectivity index (χ0n) is 23.5. The number of carbonyl (C=O) groups is 1. The van der Waals surface area contributed by atoms with E-state index in [-0.39, 0.29) is 18.3 Å². The highest BCUT2D eigenvalue weighted by Crippen LogP contribution is 2.35. The van der Waals surface area contributed by atoms with Gasteiger partial charge in [-0.25, -0.2) is 0 Å². The largest absolute Gasteiger partial charge is 0.488 e. The first kappa shape index (κ1) is 28.6. The third-order valence-electron chi connectivity index (χ3n) is 7.03. The zero-order valence-corrected chi connectivity index (χ0v) is 23.5. The predicted octanol–water partition coefficient (Wildman–Crippen LogP) is 5.80. The van der Waals surface area contributed by atoms with Crippen molar-refractivity contribution in [3.05, 3.63) is 107 Å². The number of ether oxygens (including phenoxy) is 2. The van der Waals surface area contributed by atoms with Crippen molar-refractivity contribution in [2.75, 3.05) is 32.1 Å². The van der Waals surface area contributed by atoms with E-state index in [1.165, 1.54) is 11.8 Å². The van der Waals surface area contributed by atoms with E-state index < -0.39 is 0 Å². The first-order valence-corrected chi connectivity index (χ1v) is 13.9. The Hall–Kier alpha value is -4.95. The van der Waals surface area contributed by atoms with E-state index in [4.69, 9.17) is 15.9 Å². The second kappa shape index (κ2) is 13.6. The molecule has 0 spiro atoms. The maximum atomic E-state index is 13.2. The fourth-order valence-electron chi connectivity index (χ4n) is 4.92. The second-order valence-electron chi connectivity index (χ2n) is 10.3. The highest BCUT2D eigenvalue weighted by atomic mass is 16.5. The molecular weight excluding hydrogens is 524 g/mol. The molecule has 0 aliphatic carbocycles. The average molecular weight is 557 g/mol. The molecule has 0 amide bonds. The van der Waals surface area contributed by atoms with E-state index in [1.54, 1.807) is 6.08 Å². The van der Waals surface area contributed by atoms with Gasteiger partial charge in [-0.1, -0.05) is 48.4 Å². The van der Waals surface area contributed by atoms with Gasteiger partial charge >= 0.3 is 0 Å². The van der Waals surface area contributed by atoms with Crippen molar-refractivity contribution in [2.24, 2.45) is 0 Å². The fourth-order valence-corrected chi connectivity index (χ4v) is 4.92. The van der Waals surface area contributed by atoms with Crippen molar-refractivity contribution in [3.63, 3.8) is 0 Å². The number of fused-ring (bicyclic) bond motifs is 1. The maximum Gasteiger partial charge on any atom is 0.159 e. The molecule has 1 fully saturated rings. The molecule has 0 unspecified atom stereocenters. The number of hydrogen-bond donors (Lipinski definition) is 1. The Balaban J connectivity index is 1.42. The van der Waals surface area contributed by atoms with Gasteiger partial charge in [-0.3, -0.25) is 14.7 Å². The summed E-state index contributed by atoms with van der Waals surface area (Å²) in [5.74, 6) is 3.19. The van der Waals surface area contributed by atoms with Crippen LogP contribution in [-0.2, 0) is 22.5 Å². The van der Waals surface area contributed by atoms with Gasteiger partial charge in [0, 0.05) is 60.4 Å². The second-order valence-corrected chi connectivity index (χ2v) is 10.3. The molecule has 1 aliphatic heterocycles. The molecule has 7 heteroatoms. The highest BCUT2D eigenvalue weighted by Gasteiger charge is 2.21. The minimum absolute atomic E-state index is 0.0457. The smallest absolute Gasteiger partial charge is 0.159 e. The van der Waals surface area contributed by atoms with Gasteiger partial charge in [0.15, 0.2) is 5.78 Å². The lowest BCUT2D eigenvalue weighted by atomic mass is 10.0. The Morgan fingerprint density at radius 2 is 2.07 bits per heavy atom. The van der Waals surface area contributed by atoms with E-state index >= 15 is 0 Å². The van der Waals surface area contributed by atoms with Gasteiger partial charge in [0.1, 0.15) is 17.9 Å². The molecule has 42 heavy (non-hydrogen) atoms. The predicted molar refractivity (Wildman–Crippen MR) is 165 cm³/mol. The van der Waals surface area contributed by atoms with Crippen molar-refractivity contribution in [1.82, 2.24) is 9.88 Å². The van der Waals surface area contributed by atoms with Crippen molar-refractivity contribution < 1.29 is 14.3 Å². The Morgan fingerprint density at radius 1 is 1.21 bits per heavy atom. The normalized spacial score (nSPS) is 14.6. The molecule has 5 rings (SSSR count). The fraction of sp³-hybridized carbons (Fsp3) is 0.229. The lowest BCUT2D eigenvalue weighted by Gasteiger charge is -2.18. The molecule has 1 aliphatic rings. The molecular formula is C35H32N4O3. The summed E-state index contributed by atoms with van der Waals surface area (Å²) in [6, 6.07) is 23.6. The van der Waals surface area contributed by atoms with Crippen molar-refractivity contribution in [1.29, 1.82) is 5.26 Å². The molecule has 2 heterocycles. The zero-order chi connectivity index (χ0) is 29.3. The topological polar surface area (TPSA) is 87.5 Å². The number of nitrogens with zero attached hydrogens (tertiary/aromatic N) is 3. The SMILES string of the molecule is C#Cc1cccc(Nc2c(C#N)cnc3cc(O[C@H]4CCOC4)c(CC(=O)/C=C/CN(C)Cc4ccccc4)cc23)c1. The first-order valence-electron chi connectivity index (χ1n) is 13.9. The van der Waals surface area contributed by atoms with Gasteiger partial charge in [0.05, 0.1) is 30.0 Å². The minimum atomic E-state index is -0.0963. The molecule has 7 nitrogen and oxygen atoms in total. The minimum Gasteiger partial charge on any atom is -0.488 e. The summed E-state index contributed by atoms with van der Waals surface area (Å²) in [6.45, 7) is 2.57. The van der Waals surface area contributed by atoms with Crippen LogP contribution < -0.4 is 10.1 Å². The molecule has 210 valence electrons. The summed E-state index contributed by atoms with van der Waals surface area (Å²) in [6.07, 6.45) is 11.5. The molecule has 1 saturated heterocycles. The van der Waals surface area contributed by atoms with Crippen LogP contribution in [0.1, 0.15) is 28.7 Å². The number of likely N-dealkylation sites (N-methyl/N-ethyl adjacent to an activating group) is 1. The Morgan fingerprint density at radius 3 is 2.83 bits per heavy atom. The van der Waals surface area contributed by atoms with Gasteiger partial charge in [0.2, 0.25) is 0 Å². The molecule has 0 saturated carbocycles. The van der Waals surface area contributed by atoms with E-state index in [9.17, 15) is 10.1 Å². The summed E-state index contributed by atoms with van der Waals surface area (Å²) in [5.41, 5.74) is 5.03. The number of rotatable bonds is 11. The maximum absolute atomic E-state index is 13.2. The van der Waals surface area contributed by atoms with E-state index in [0.717, 1.165) is 29.8 Å². The van der Waals surface area contributed by atoms with Crippen LogP contribution in [0.4, 0.5) is 11.4 Å². The van der Waals surface area contributed by atoms with Gasteiger partial charge in [-0.2, -0.15) is 5.26 Å². The summed E-state index contributed by atoms with van der Waals surface area (Å²) >= 11 is 0. The van der Waals surface area contributed by atoms with Crippen molar-refractivity contribution in [2.45, 2.75) is 25.5 Å². The monoisotopic (exact) mass is 556 g/mol. The molecule has 0 radical (unpaired) electrons. The number of carbonyl (C=O) groups excluding carboxylic acids is 1. The van der Waals surface area contributed by atoms with Crippen molar-refractivity contribution >= 4 is 28.1 Å². The number of nitriles is 1. The molecule has 1 atom stereocenters. The first-order chi connectivity index (χ1) is 20.5. The van der Waals surface area contributed by atoms with Crippen LogP contribution in [0.5, 0.6) is 5.75 Å². The molecule has 4 aromatic rings. The van der Waals surface area contributed by atoms with Gasteiger partial charge in [0.25, 0.3) is 0 Å². The van der Waals surface area contributed by atoms with Crippen LogP contribution in [0.2, 0.25) is 0 Å². The number of allylic oxidation sites excluding steroid dienone is 1. The number of hydrogen-bond acceptors (Lipinski definition) is 7. The Bertz CT molecular complexity index is 1680. The van der Waals surface area contributed by atoms with E-state index in [1.807, 2.05) is 67.7 Å². The van der Waals surface area contributed by atoms with E-state index in [2.05, 4.69) is 39.3 Å². The van der Waals surface area contributed by atoms with Crippen molar-refractivity contribution in [3.8, 4) is 24.2 Å². The quantitative estimate of drug-likeness (QED) is 0.185. The Kier molecular flexibility index (Phi) is 9.26. The number of benzene rings is 3. The lowest BCUT2D eigenvalue weighted by Crippen LogP contribution is -2.18. The average Bonchev–Trinajstić information content (AvgIpc) is 3.51. The summed E-state index contributed by atoms with van der Waals surface area (Å²) in [7, 11) is 2.02. The lowest BCUT2D eigenvalue weighted by molar-refractivity contribution is -0.114. The van der Waals surface area contributed by atoms with Crippen LogP contribution >= 0.6 is 0 Å². The van der Waals surface area contributed by atoms with Crippen LogP contribution in [0.15, 0.2) is 85.1 Å². The van der Waals surface area contributed by atoms with E-state index in [0.29, 0.717) is 47.7 Å². The third-order valence-corrected chi connectivity index (χ3v) is 7.03. The van der Waals surface area contributed by atoms with Gasteiger partial charge in [-0.15, -0.1) is 6.42 Å².